The number of aromatic nitrogens is 2. The van der Waals surface area contributed by atoms with Crippen LogP contribution in [0.2, 0.25) is 0 Å². The average Bonchev–Trinajstić information content (AvgIpc) is 3.50. The summed E-state index contributed by atoms with van der Waals surface area (Å²) in [6.45, 7) is 5.77. The van der Waals surface area contributed by atoms with Gasteiger partial charge in [-0.25, -0.2) is 18.6 Å². The van der Waals surface area contributed by atoms with E-state index in [0.29, 0.717) is 11.5 Å². The molecule has 3 aromatic rings. The van der Waals surface area contributed by atoms with Crippen LogP contribution in [0.1, 0.15) is 55.4 Å². The molecule has 8 nitrogen and oxygen atoms in total. The van der Waals surface area contributed by atoms with Crippen molar-refractivity contribution in [3.8, 4) is 11.5 Å². The smallest absolute Gasteiger partial charge is 0.319 e. The van der Waals surface area contributed by atoms with Gasteiger partial charge in [0.2, 0.25) is 0 Å². The number of carbonyl (C=O) groups excluding carboxylic acids is 1. The van der Waals surface area contributed by atoms with Gasteiger partial charge in [0, 0.05) is 47.9 Å². The van der Waals surface area contributed by atoms with Crippen molar-refractivity contribution >= 4 is 11.7 Å². The Morgan fingerprint density at radius 1 is 1.12 bits per heavy atom. The Morgan fingerprint density at radius 3 is 2.62 bits per heavy atom. The van der Waals surface area contributed by atoms with Crippen molar-refractivity contribution in [1.82, 2.24) is 20.2 Å². The van der Waals surface area contributed by atoms with Crippen molar-refractivity contribution in [3.63, 3.8) is 0 Å². The summed E-state index contributed by atoms with van der Waals surface area (Å²) in [5.41, 5.74) is 3.42. The summed E-state index contributed by atoms with van der Waals surface area (Å²) in [7, 11) is 3.28. The van der Waals surface area contributed by atoms with Crippen LogP contribution in [-0.4, -0.2) is 53.7 Å². The molecule has 1 aromatic heterocycles. The number of urea groups is 1. The quantitative estimate of drug-likeness (QED) is 0.345. The highest BCUT2D eigenvalue weighted by atomic mass is 19.2. The second-order valence-corrected chi connectivity index (χ2v) is 10.8. The van der Waals surface area contributed by atoms with Crippen molar-refractivity contribution in [2.75, 3.05) is 26.1 Å². The predicted octanol–water partition coefficient (Wildman–Crippen LogP) is 5.46. The molecule has 5 rings (SSSR count). The Balaban J connectivity index is 1.39. The van der Waals surface area contributed by atoms with Crippen molar-refractivity contribution in [2.24, 2.45) is 0 Å². The van der Waals surface area contributed by atoms with Crippen LogP contribution >= 0.6 is 0 Å². The van der Waals surface area contributed by atoms with Gasteiger partial charge in [0.15, 0.2) is 23.1 Å². The van der Waals surface area contributed by atoms with Crippen molar-refractivity contribution in [3.05, 3.63) is 70.8 Å². The number of aryl methyl sites for hydroxylation is 2. The number of anilines is 1. The predicted molar refractivity (Wildman–Crippen MR) is 149 cm³/mol. The second kappa shape index (κ2) is 11.4. The summed E-state index contributed by atoms with van der Waals surface area (Å²) in [5, 5.41) is 5.71. The summed E-state index contributed by atoms with van der Waals surface area (Å²) in [6, 6.07) is 9.14. The van der Waals surface area contributed by atoms with E-state index in [0.717, 1.165) is 74.5 Å². The van der Waals surface area contributed by atoms with Gasteiger partial charge in [0.1, 0.15) is 5.82 Å². The van der Waals surface area contributed by atoms with Crippen molar-refractivity contribution in [2.45, 2.75) is 70.0 Å². The lowest BCUT2D eigenvalue weighted by Crippen LogP contribution is -2.52. The third-order valence-electron chi connectivity index (χ3n) is 8.56. The standard InChI is InChI=1S/C30H37F2N5O3/c1-5-28-33-18(2)24(36-28)17-37-13-12-30(19-6-9-25(39-3)26(14-19)40-4)11-10-21(16-27(30)37)35-29(38)34-20-7-8-22(31)23(32)15-20/h6-9,14-15,21,27H,5,10-13,16-17H2,1-4H3,(H,33,36)(H2,34,35,38)/t21-,27+,30+/m1/s1. The van der Waals surface area contributed by atoms with Crippen LogP contribution in [0.3, 0.4) is 0 Å². The zero-order chi connectivity index (χ0) is 28.4. The number of nitrogens with one attached hydrogen (secondary N) is 3. The van der Waals surface area contributed by atoms with Crippen LogP contribution in [0.15, 0.2) is 36.4 Å². The van der Waals surface area contributed by atoms with Crippen molar-refractivity contribution in [1.29, 1.82) is 0 Å². The maximum Gasteiger partial charge on any atom is 0.319 e. The molecule has 0 unspecified atom stereocenters. The molecular weight excluding hydrogens is 516 g/mol. The zero-order valence-electron chi connectivity index (χ0n) is 23.4. The number of methoxy groups -OCH3 is 2. The first-order chi connectivity index (χ1) is 19.3. The Labute approximate surface area is 233 Å². The van der Waals surface area contributed by atoms with E-state index in [1.807, 2.05) is 6.07 Å². The number of ether oxygens (including phenoxy) is 2. The number of likely N-dealkylation sites (tertiary alicyclic amines) is 1. The Bertz CT molecular complexity index is 1380. The Kier molecular flexibility index (Phi) is 7.98. The zero-order valence-corrected chi connectivity index (χ0v) is 23.4. The molecule has 2 amide bonds. The van der Waals surface area contributed by atoms with Gasteiger partial charge >= 0.3 is 6.03 Å². The number of hydrogen-bond donors (Lipinski definition) is 3. The normalized spacial score (nSPS) is 22.6. The van der Waals surface area contributed by atoms with Crippen LogP contribution in [0.5, 0.6) is 11.5 Å². The highest BCUT2D eigenvalue weighted by Gasteiger charge is 2.52. The monoisotopic (exact) mass is 553 g/mol. The molecule has 0 bridgehead atoms. The first kappa shape index (κ1) is 27.9. The summed E-state index contributed by atoms with van der Waals surface area (Å²) in [4.78, 5) is 23.5. The number of imidazole rings is 1. The number of aromatic amines is 1. The lowest BCUT2D eigenvalue weighted by atomic mass is 9.65. The lowest BCUT2D eigenvalue weighted by Gasteiger charge is -2.45. The highest BCUT2D eigenvalue weighted by molar-refractivity contribution is 5.89. The van der Waals surface area contributed by atoms with E-state index in [1.54, 1.807) is 14.2 Å². The van der Waals surface area contributed by atoms with Crippen LogP contribution in [0.4, 0.5) is 19.3 Å². The van der Waals surface area contributed by atoms with Gasteiger partial charge in [-0.15, -0.1) is 0 Å². The fraction of sp³-hybridized carbons (Fsp3) is 0.467. The van der Waals surface area contributed by atoms with Crippen LogP contribution in [0, 0.1) is 18.6 Å². The number of carbonyl (C=O) groups is 1. The number of amides is 2. The fourth-order valence-electron chi connectivity index (χ4n) is 6.45. The number of rotatable bonds is 8. The van der Waals surface area contributed by atoms with Gasteiger partial charge in [0.05, 0.1) is 19.9 Å². The summed E-state index contributed by atoms with van der Waals surface area (Å²) in [5.74, 6) is 0.418. The molecule has 2 heterocycles. The number of hydrogen-bond acceptors (Lipinski definition) is 5. The van der Waals surface area contributed by atoms with E-state index < -0.39 is 17.7 Å². The minimum atomic E-state index is -1.00. The maximum absolute atomic E-state index is 13.6. The third kappa shape index (κ3) is 5.37. The topological polar surface area (TPSA) is 91.5 Å². The van der Waals surface area contributed by atoms with Gasteiger partial charge in [-0.2, -0.15) is 0 Å². The summed E-state index contributed by atoms with van der Waals surface area (Å²) in [6.07, 6.45) is 4.22. The SMILES string of the molecule is CCc1nc(CN2CC[C@]3(c4ccc(OC)c(OC)c4)CC[C@@H](NC(=O)Nc4ccc(F)c(F)c4)C[C@H]23)c(C)[nH]1. The molecule has 214 valence electrons. The van der Waals surface area contributed by atoms with Crippen LogP contribution in [0.25, 0.3) is 0 Å². The van der Waals surface area contributed by atoms with E-state index >= 15 is 0 Å². The van der Waals surface area contributed by atoms with Gasteiger partial charge in [0.25, 0.3) is 0 Å². The molecule has 40 heavy (non-hydrogen) atoms. The molecule has 1 aliphatic heterocycles. The summed E-state index contributed by atoms with van der Waals surface area (Å²) >= 11 is 0. The largest absolute Gasteiger partial charge is 0.493 e. The van der Waals surface area contributed by atoms with E-state index in [4.69, 9.17) is 14.5 Å². The molecule has 1 saturated carbocycles. The molecule has 0 spiro atoms. The van der Waals surface area contributed by atoms with Gasteiger partial charge in [-0.1, -0.05) is 13.0 Å². The summed E-state index contributed by atoms with van der Waals surface area (Å²) < 4.78 is 38.1. The second-order valence-electron chi connectivity index (χ2n) is 10.8. The molecule has 0 radical (unpaired) electrons. The van der Waals surface area contributed by atoms with E-state index in [1.165, 1.54) is 11.6 Å². The van der Waals surface area contributed by atoms with E-state index in [2.05, 4.69) is 46.5 Å². The Morgan fingerprint density at radius 2 is 1.93 bits per heavy atom. The first-order valence-electron chi connectivity index (χ1n) is 13.8. The fourth-order valence-corrected chi connectivity index (χ4v) is 6.45. The molecule has 10 heteroatoms. The minimum absolute atomic E-state index is 0.0874. The third-order valence-corrected chi connectivity index (χ3v) is 8.56. The molecule has 3 atom stereocenters. The van der Waals surface area contributed by atoms with Crippen LogP contribution in [-0.2, 0) is 18.4 Å². The Hall–Kier alpha value is -3.66. The van der Waals surface area contributed by atoms with Gasteiger partial charge in [-0.05, 0) is 69.0 Å². The molecule has 2 aliphatic rings. The van der Waals surface area contributed by atoms with E-state index in [9.17, 15) is 13.6 Å². The molecule has 2 fully saturated rings. The van der Waals surface area contributed by atoms with Crippen LogP contribution < -0.4 is 20.1 Å². The van der Waals surface area contributed by atoms with Gasteiger partial charge in [-0.3, -0.25) is 4.90 Å². The minimum Gasteiger partial charge on any atom is -0.493 e. The molecule has 1 saturated heterocycles. The lowest BCUT2D eigenvalue weighted by molar-refractivity contribution is 0.130. The number of fused-ring (bicyclic) bond motifs is 1. The maximum atomic E-state index is 13.6. The number of nitrogens with zero attached hydrogens (tertiary/aromatic N) is 2. The van der Waals surface area contributed by atoms with Crippen molar-refractivity contribution < 1.29 is 23.0 Å². The number of halogens is 2. The van der Waals surface area contributed by atoms with Gasteiger partial charge < -0.3 is 25.1 Å². The number of benzene rings is 2. The van der Waals surface area contributed by atoms with E-state index in [-0.39, 0.29) is 23.2 Å². The number of H-pyrrole nitrogens is 1. The molecule has 1 aliphatic carbocycles. The highest BCUT2D eigenvalue weighted by Crippen LogP contribution is 2.50. The molecular formula is C30H37F2N5O3. The molecule has 2 aromatic carbocycles. The first-order valence-corrected chi connectivity index (χ1v) is 13.8. The molecule has 3 N–H and O–H groups in total. The average molecular weight is 554 g/mol.